The van der Waals surface area contributed by atoms with Gasteiger partial charge in [0.25, 0.3) is 0 Å². The SMILES string of the molecule is c1ccc(-c2cc(-c3ccccc3)nc(-c3cccc(-c4cccc(-c5ccc(-c6ccc7c(c6)C6(CCCCC6)c6ccccc6-7)cc5)c4)c3)n2)cc1. The predicted molar refractivity (Wildman–Crippen MR) is 224 cm³/mol. The van der Waals surface area contributed by atoms with Gasteiger partial charge in [0, 0.05) is 22.1 Å². The van der Waals surface area contributed by atoms with Gasteiger partial charge in [-0.25, -0.2) is 9.97 Å². The van der Waals surface area contributed by atoms with Gasteiger partial charge in [-0.1, -0.05) is 177 Å². The van der Waals surface area contributed by atoms with Crippen LogP contribution in [0.2, 0.25) is 0 Å². The molecule has 0 saturated heterocycles. The van der Waals surface area contributed by atoms with Crippen LogP contribution >= 0.6 is 0 Å². The number of benzene rings is 7. The third-order valence-corrected chi connectivity index (χ3v) is 11.7. The minimum atomic E-state index is 0.166. The van der Waals surface area contributed by atoms with Gasteiger partial charge in [0.15, 0.2) is 5.82 Å². The molecule has 0 N–H and O–H groups in total. The molecule has 258 valence electrons. The number of aromatic nitrogens is 2. The van der Waals surface area contributed by atoms with Crippen LogP contribution in [0.25, 0.3) is 78.4 Å². The van der Waals surface area contributed by atoms with E-state index in [1.165, 1.54) is 71.0 Å². The largest absolute Gasteiger partial charge is 0.228 e. The van der Waals surface area contributed by atoms with Crippen LogP contribution in [0.15, 0.2) is 182 Å². The maximum absolute atomic E-state index is 5.08. The van der Waals surface area contributed by atoms with Crippen molar-refractivity contribution in [2.24, 2.45) is 0 Å². The molecule has 0 aliphatic heterocycles. The summed E-state index contributed by atoms with van der Waals surface area (Å²) in [6.45, 7) is 0. The van der Waals surface area contributed by atoms with Crippen LogP contribution in [0, 0.1) is 0 Å². The Morgan fingerprint density at radius 2 is 0.778 bits per heavy atom. The summed E-state index contributed by atoms with van der Waals surface area (Å²) in [6, 6.07) is 65.7. The highest BCUT2D eigenvalue weighted by atomic mass is 14.9. The third-order valence-electron chi connectivity index (χ3n) is 11.7. The van der Waals surface area contributed by atoms with E-state index in [1.54, 1.807) is 5.56 Å². The molecule has 0 amide bonds. The predicted octanol–water partition coefficient (Wildman–Crippen LogP) is 13.7. The Hall–Kier alpha value is -6.38. The highest BCUT2D eigenvalue weighted by Gasteiger charge is 2.43. The number of hydrogen-bond acceptors (Lipinski definition) is 2. The standard InChI is InChI=1S/C52H40N2/c1-4-14-38(15-5-1)49-35-50(39-16-6-2-7-17-39)54-51(53-49)44-21-13-20-42(33-44)41-19-12-18-40(32-41)36-24-26-37(27-25-36)43-28-29-46-45-22-8-9-23-47(45)52(48(46)34-43)30-10-3-11-31-52/h1-2,4-9,12-29,32-35H,3,10-11,30-31H2. The Balaban J connectivity index is 0.958. The van der Waals surface area contributed by atoms with Crippen molar-refractivity contribution >= 4 is 0 Å². The van der Waals surface area contributed by atoms with E-state index in [4.69, 9.17) is 9.97 Å². The van der Waals surface area contributed by atoms with Crippen LogP contribution in [0.4, 0.5) is 0 Å². The molecule has 0 unspecified atom stereocenters. The first-order chi connectivity index (χ1) is 26.7. The Kier molecular flexibility index (Phi) is 8.10. The second-order valence-electron chi connectivity index (χ2n) is 14.9. The molecular weight excluding hydrogens is 653 g/mol. The van der Waals surface area contributed by atoms with E-state index in [0.717, 1.165) is 39.2 Å². The first-order valence-electron chi connectivity index (χ1n) is 19.3. The molecule has 1 spiro atoms. The number of hydrogen-bond donors (Lipinski definition) is 0. The summed E-state index contributed by atoms with van der Waals surface area (Å²) < 4.78 is 0. The maximum Gasteiger partial charge on any atom is 0.160 e. The normalized spacial score (nSPS) is 14.1. The minimum Gasteiger partial charge on any atom is -0.228 e. The molecule has 54 heavy (non-hydrogen) atoms. The molecule has 1 aromatic heterocycles. The fourth-order valence-electron chi connectivity index (χ4n) is 8.99. The van der Waals surface area contributed by atoms with Gasteiger partial charge >= 0.3 is 0 Å². The Morgan fingerprint density at radius 3 is 1.41 bits per heavy atom. The highest BCUT2D eigenvalue weighted by Crippen LogP contribution is 2.56. The van der Waals surface area contributed by atoms with Crippen molar-refractivity contribution in [1.82, 2.24) is 9.97 Å². The van der Waals surface area contributed by atoms with Gasteiger partial charge in [-0.2, -0.15) is 0 Å². The Morgan fingerprint density at radius 1 is 0.315 bits per heavy atom. The molecule has 1 saturated carbocycles. The molecule has 2 aliphatic carbocycles. The fourth-order valence-corrected chi connectivity index (χ4v) is 8.99. The zero-order valence-corrected chi connectivity index (χ0v) is 30.3. The van der Waals surface area contributed by atoms with Gasteiger partial charge in [-0.15, -0.1) is 0 Å². The van der Waals surface area contributed by atoms with Crippen molar-refractivity contribution in [3.8, 4) is 78.4 Å². The molecule has 1 fully saturated rings. The Labute approximate surface area is 317 Å². The maximum atomic E-state index is 5.08. The zero-order chi connectivity index (χ0) is 35.9. The average Bonchev–Trinajstić information content (AvgIpc) is 3.52. The van der Waals surface area contributed by atoms with Crippen LogP contribution in [0.3, 0.4) is 0 Å². The lowest BCUT2D eigenvalue weighted by atomic mass is 9.67. The molecule has 2 aliphatic rings. The summed E-state index contributed by atoms with van der Waals surface area (Å²) in [5.74, 6) is 0.716. The summed E-state index contributed by atoms with van der Waals surface area (Å²) in [4.78, 5) is 10.2. The van der Waals surface area contributed by atoms with Gasteiger partial charge in [0.1, 0.15) is 0 Å². The number of fused-ring (bicyclic) bond motifs is 5. The zero-order valence-electron chi connectivity index (χ0n) is 30.3. The van der Waals surface area contributed by atoms with Gasteiger partial charge in [0.05, 0.1) is 11.4 Å². The quantitative estimate of drug-likeness (QED) is 0.173. The highest BCUT2D eigenvalue weighted by molar-refractivity contribution is 5.85. The van der Waals surface area contributed by atoms with E-state index in [0.29, 0.717) is 5.82 Å². The van der Waals surface area contributed by atoms with Crippen molar-refractivity contribution in [2.45, 2.75) is 37.5 Å². The van der Waals surface area contributed by atoms with Gasteiger partial charge in [-0.05, 0) is 92.7 Å². The number of rotatable bonds is 6. The van der Waals surface area contributed by atoms with Crippen LogP contribution < -0.4 is 0 Å². The van der Waals surface area contributed by atoms with Crippen molar-refractivity contribution in [2.75, 3.05) is 0 Å². The average molecular weight is 693 g/mol. The van der Waals surface area contributed by atoms with E-state index in [-0.39, 0.29) is 5.41 Å². The molecule has 1 heterocycles. The van der Waals surface area contributed by atoms with Crippen LogP contribution in [-0.2, 0) is 5.41 Å². The van der Waals surface area contributed by atoms with Crippen LogP contribution in [0.1, 0.15) is 43.2 Å². The van der Waals surface area contributed by atoms with Crippen molar-refractivity contribution < 1.29 is 0 Å². The molecule has 2 heteroatoms. The fraction of sp³-hybridized carbons (Fsp3) is 0.115. The van der Waals surface area contributed by atoms with Gasteiger partial charge in [-0.3, -0.25) is 0 Å². The molecule has 7 aromatic carbocycles. The summed E-state index contributed by atoms with van der Waals surface area (Å²) in [5, 5.41) is 0. The summed E-state index contributed by atoms with van der Waals surface area (Å²) in [7, 11) is 0. The van der Waals surface area contributed by atoms with Gasteiger partial charge in [0.2, 0.25) is 0 Å². The first-order valence-corrected chi connectivity index (χ1v) is 19.3. The lowest BCUT2D eigenvalue weighted by Crippen LogP contribution is -2.28. The van der Waals surface area contributed by atoms with Crippen molar-refractivity contribution in [3.05, 3.63) is 193 Å². The topological polar surface area (TPSA) is 25.8 Å². The summed E-state index contributed by atoms with van der Waals surface area (Å²) in [5.41, 5.74) is 18.3. The molecule has 8 aromatic rings. The second-order valence-corrected chi connectivity index (χ2v) is 14.9. The van der Waals surface area contributed by atoms with Gasteiger partial charge < -0.3 is 0 Å². The van der Waals surface area contributed by atoms with Crippen LogP contribution in [0.5, 0.6) is 0 Å². The molecule has 0 radical (unpaired) electrons. The van der Waals surface area contributed by atoms with E-state index >= 15 is 0 Å². The minimum absolute atomic E-state index is 0.166. The second kappa shape index (κ2) is 13.5. The Bertz CT molecular complexity index is 2560. The van der Waals surface area contributed by atoms with E-state index in [1.807, 2.05) is 12.1 Å². The molecule has 0 bridgehead atoms. The van der Waals surface area contributed by atoms with E-state index < -0.39 is 0 Å². The van der Waals surface area contributed by atoms with Crippen molar-refractivity contribution in [3.63, 3.8) is 0 Å². The summed E-state index contributed by atoms with van der Waals surface area (Å²) >= 11 is 0. The van der Waals surface area contributed by atoms with Crippen molar-refractivity contribution in [1.29, 1.82) is 0 Å². The van der Waals surface area contributed by atoms with E-state index in [9.17, 15) is 0 Å². The lowest BCUT2D eigenvalue weighted by molar-refractivity contribution is 0.353. The molecule has 2 nitrogen and oxygen atoms in total. The monoisotopic (exact) mass is 692 g/mol. The van der Waals surface area contributed by atoms with Crippen LogP contribution in [-0.4, -0.2) is 9.97 Å². The molecule has 0 atom stereocenters. The third kappa shape index (κ3) is 5.76. The number of nitrogens with zero attached hydrogens (tertiary/aromatic N) is 2. The smallest absolute Gasteiger partial charge is 0.160 e. The van der Waals surface area contributed by atoms with E-state index in [2.05, 4.69) is 170 Å². The molecule has 10 rings (SSSR count). The summed E-state index contributed by atoms with van der Waals surface area (Å²) in [6.07, 6.45) is 6.46. The first kappa shape index (κ1) is 32.3. The lowest BCUT2D eigenvalue weighted by Gasteiger charge is -2.36. The molecular formula is C52H40N2.